The maximum atomic E-state index is 5.90. The third-order valence-electron chi connectivity index (χ3n) is 2.62. The number of hydrogen-bond acceptors (Lipinski definition) is 3. The Kier molecular flexibility index (Phi) is 4.18. The van der Waals surface area contributed by atoms with E-state index in [-0.39, 0.29) is 0 Å². The smallest absolute Gasteiger partial charge is 0.122 e. The summed E-state index contributed by atoms with van der Waals surface area (Å²) < 4.78 is 5.75. The number of ether oxygens (including phenoxy) is 1. The molecule has 0 saturated heterocycles. The van der Waals surface area contributed by atoms with E-state index in [1.54, 1.807) is 6.20 Å². The molecule has 0 spiro atoms. The van der Waals surface area contributed by atoms with E-state index in [1.807, 2.05) is 37.3 Å². The van der Waals surface area contributed by atoms with Gasteiger partial charge in [-0.25, -0.2) is 0 Å². The standard InChI is InChI=1S/C14H15ClN2O/c1-10-6-12(15)2-3-14(10)18-9-11-4-5-17-13(7-11)8-16/h2-7H,8-9,16H2,1H3. The van der Waals surface area contributed by atoms with E-state index in [2.05, 4.69) is 4.98 Å². The predicted molar refractivity (Wildman–Crippen MR) is 72.6 cm³/mol. The lowest BCUT2D eigenvalue weighted by Crippen LogP contribution is -2.02. The molecule has 0 aliphatic rings. The maximum absolute atomic E-state index is 5.90. The van der Waals surface area contributed by atoms with Crippen molar-refractivity contribution in [2.45, 2.75) is 20.1 Å². The number of aryl methyl sites for hydroxylation is 1. The number of rotatable bonds is 4. The van der Waals surface area contributed by atoms with Crippen molar-refractivity contribution in [1.29, 1.82) is 0 Å². The van der Waals surface area contributed by atoms with Gasteiger partial charge in [-0.3, -0.25) is 4.98 Å². The van der Waals surface area contributed by atoms with E-state index in [1.165, 1.54) is 0 Å². The minimum absolute atomic E-state index is 0.438. The van der Waals surface area contributed by atoms with Crippen LogP contribution in [0.25, 0.3) is 0 Å². The fourth-order valence-corrected chi connectivity index (χ4v) is 1.89. The Hall–Kier alpha value is -1.58. The SMILES string of the molecule is Cc1cc(Cl)ccc1OCc1ccnc(CN)c1. The number of halogens is 1. The van der Waals surface area contributed by atoms with Crippen LogP contribution in [0.5, 0.6) is 5.75 Å². The van der Waals surface area contributed by atoms with Gasteiger partial charge in [0.05, 0.1) is 5.69 Å². The van der Waals surface area contributed by atoms with Gasteiger partial charge < -0.3 is 10.5 Å². The Morgan fingerprint density at radius 3 is 2.83 bits per heavy atom. The van der Waals surface area contributed by atoms with Crippen LogP contribution in [0.3, 0.4) is 0 Å². The highest BCUT2D eigenvalue weighted by atomic mass is 35.5. The summed E-state index contributed by atoms with van der Waals surface area (Å²) in [6.07, 6.45) is 1.75. The number of pyridine rings is 1. The largest absolute Gasteiger partial charge is 0.489 e. The van der Waals surface area contributed by atoms with Crippen molar-refractivity contribution < 1.29 is 4.74 Å². The summed E-state index contributed by atoms with van der Waals surface area (Å²) in [5.74, 6) is 0.838. The summed E-state index contributed by atoms with van der Waals surface area (Å²) in [5.41, 5.74) is 8.49. The van der Waals surface area contributed by atoms with Crippen LogP contribution >= 0.6 is 11.6 Å². The Bertz CT molecular complexity index is 543. The van der Waals surface area contributed by atoms with Gasteiger partial charge in [0.2, 0.25) is 0 Å². The number of benzene rings is 1. The summed E-state index contributed by atoms with van der Waals surface area (Å²) >= 11 is 5.90. The van der Waals surface area contributed by atoms with Gasteiger partial charge in [0.25, 0.3) is 0 Å². The number of nitrogens with zero attached hydrogens (tertiary/aromatic N) is 1. The lowest BCUT2D eigenvalue weighted by atomic mass is 10.2. The van der Waals surface area contributed by atoms with Crippen LogP contribution in [0.1, 0.15) is 16.8 Å². The fourth-order valence-electron chi connectivity index (χ4n) is 1.67. The molecule has 0 atom stereocenters. The zero-order valence-electron chi connectivity index (χ0n) is 10.2. The molecule has 0 saturated carbocycles. The van der Waals surface area contributed by atoms with Gasteiger partial charge in [0.15, 0.2) is 0 Å². The molecule has 0 radical (unpaired) electrons. The van der Waals surface area contributed by atoms with E-state index in [0.29, 0.717) is 18.2 Å². The predicted octanol–water partition coefficient (Wildman–Crippen LogP) is 3.08. The molecule has 0 amide bonds. The van der Waals surface area contributed by atoms with Gasteiger partial charge in [-0.1, -0.05) is 11.6 Å². The van der Waals surface area contributed by atoms with Gasteiger partial charge >= 0.3 is 0 Å². The average molecular weight is 263 g/mol. The quantitative estimate of drug-likeness (QED) is 0.921. The molecule has 18 heavy (non-hydrogen) atoms. The van der Waals surface area contributed by atoms with Crippen LogP contribution in [0, 0.1) is 6.92 Å². The molecule has 1 aromatic carbocycles. The van der Waals surface area contributed by atoms with Crippen LogP contribution in [-0.4, -0.2) is 4.98 Å². The molecule has 1 heterocycles. The third-order valence-corrected chi connectivity index (χ3v) is 2.86. The topological polar surface area (TPSA) is 48.1 Å². The molecule has 4 heteroatoms. The maximum Gasteiger partial charge on any atom is 0.122 e. The van der Waals surface area contributed by atoms with Crippen molar-refractivity contribution in [3.05, 3.63) is 58.4 Å². The Morgan fingerprint density at radius 1 is 1.28 bits per heavy atom. The molecule has 3 nitrogen and oxygen atoms in total. The van der Waals surface area contributed by atoms with Crippen molar-refractivity contribution in [3.8, 4) is 5.75 Å². The second-order valence-electron chi connectivity index (χ2n) is 4.06. The van der Waals surface area contributed by atoms with Gasteiger partial charge in [-0.05, 0) is 48.4 Å². The zero-order chi connectivity index (χ0) is 13.0. The highest BCUT2D eigenvalue weighted by Gasteiger charge is 2.02. The van der Waals surface area contributed by atoms with Gasteiger partial charge in [-0.2, -0.15) is 0 Å². The fraction of sp³-hybridized carbons (Fsp3) is 0.214. The highest BCUT2D eigenvalue weighted by molar-refractivity contribution is 6.30. The molecule has 0 aliphatic heterocycles. The molecular formula is C14H15ClN2O. The first-order valence-electron chi connectivity index (χ1n) is 5.72. The summed E-state index contributed by atoms with van der Waals surface area (Å²) in [7, 11) is 0. The second kappa shape index (κ2) is 5.85. The van der Waals surface area contributed by atoms with Crippen LogP contribution in [-0.2, 0) is 13.2 Å². The minimum Gasteiger partial charge on any atom is -0.489 e. The molecule has 2 N–H and O–H groups in total. The second-order valence-corrected chi connectivity index (χ2v) is 4.49. The number of nitrogens with two attached hydrogens (primary N) is 1. The van der Waals surface area contributed by atoms with Crippen molar-refractivity contribution in [1.82, 2.24) is 4.98 Å². The molecule has 0 fully saturated rings. The Morgan fingerprint density at radius 2 is 2.11 bits per heavy atom. The summed E-state index contributed by atoms with van der Waals surface area (Å²) in [4.78, 5) is 4.14. The molecule has 94 valence electrons. The monoisotopic (exact) mass is 262 g/mol. The van der Waals surface area contributed by atoms with Crippen LogP contribution in [0.15, 0.2) is 36.5 Å². The summed E-state index contributed by atoms with van der Waals surface area (Å²) in [6.45, 7) is 2.91. The van der Waals surface area contributed by atoms with Crippen molar-refractivity contribution in [3.63, 3.8) is 0 Å². The lowest BCUT2D eigenvalue weighted by molar-refractivity contribution is 0.304. The average Bonchev–Trinajstić information content (AvgIpc) is 2.38. The first-order chi connectivity index (χ1) is 8.69. The van der Waals surface area contributed by atoms with E-state index in [9.17, 15) is 0 Å². The van der Waals surface area contributed by atoms with Crippen LogP contribution < -0.4 is 10.5 Å². The first kappa shape index (κ1) is 12.9. The first-order valence-corrected chi connectivity index (χ1v) is 6.09. The highest BCUT2D eigenvalue weighted by Crippen LogP contribution is 2.22. The van der Waals surface area contributed by atoms with Gasteiger partial charge in [0.1, 0.15) is 12.4 Å². The van der Waals surface area contributed by atoms with Gasteiger partial charge in [0, 0.05) is 17.8 Å². The molecule has 0 unspecified atom stereocenters. The van der Waals surface area contributed by atoms with E-state index < -0.39 is 0 Å². The van der Waals surface area contributed by atoms with Crippen molar-refractivity contribution in [2.75, 3.05) is 0 Å². The number of aromatic nitrogens is 1. The molecule has 2 rings (SSSR count). The molecule has 0 aliphatic carbocycles. The molecule has 0 bridgehead atoms. The Balaban J connectivity index is 2.06. The van der Waals surface area contributed by atoms with E-state index in [4.69, 9.17) is 22.1 Å². The van der Waals surface area contributed by atoms with Crippen LogP contribution in [0.4, 0.5) is 0 Å². The minimum atomic E-state index is 0.438. The lowest BCUT2D eigenvalue weighted by Gasteiger charge is -2.09. The van der Waals surface area contributed by atoms with E-state index >= 15 is 0 Å². The summed E-state index contributed by atoms with van der Waals surface area (Å²) in [6, 6.07) is 9.45. The summed E-state index contributed by atoms with van der Waals surface area (Å²) in [5, 5.41) is 0.717. The van der Waals surface area contributed by atoms with Crippen molar-refractivity contribution in [2.24, 2.45) is 5.73 Å². The van der Waals surface area contributed by atoms with Crippen LogP contribution in [0.2, 0.25) is 5.02 Å². The Labute approximate surface area is 112 Å². The molecule has 2 aromatic rings. The van der Waals surface area contributed by atoms with E-state index in [0.717, 1.165) is 22.6 Å². The zero-order valence-corrected chi connectivity index (χ0v) is 10.9. The molecular weight excluding hydrogens is 248 g/mol. The number of hydrogen-bond donors (Lipinski definition) is 1. The van der Waals surface area contributed by atoms with Crippen molar-refractivity contribution >= 4 is 11.6 Å². The third kappa shape index (κ3) is 3.22. The molecule has 1 aromatic heterocycles. The van der Waals surface area contributed by atoms with Gasteiger partial charge in [-0.15, -0.1) is 0 Å². The normalized spacial score (nSPS) is 10.4.